The molecule has 0 bridgehead atoms. The van der Waals surface area contributed by atoms with E-state index in [1.807, 2.05) is 54.8 Å². The van der Waals surface area contributed by atoms with Crippen LogP contribution in [0.4, 0.5) is 0 Å². The van der Waals surface area contributed by atoms with Gasteiger partial charge in [-0.2, -0.15) is 0 Å². The standard InChI is InChI=1S/C25H22N2O2S/c1-15-11-12-22(30-15)23-16(2)26-24(20-9-5-6-10-21(20)28)27(25(23)29)19-13-17-7-3-4-8-18(17)14-19/h3-12,19,28H,13-14H2,1-2H3. The van der Waals surface area contributed by atoms with Gasteiger partial charge in [0.15, 0.2) is 0 Å². The minimum atomic E-state index is -0.0413. The number of thiophene rings is 1. The highest BCUT2D eigenvalue weighted by Gasteiger charge is 2.29. The summed E-state index contributed by atoms with van der Waals surface area (Å²) >= 11 is 1.61. The van der Waals surface area contributed by atoms with Crippen LogP contribution in [0.3, 0.4) is 0 Å². The third kappa shape index (κ3) is 3.06. The first-order chi connectivity index (χ1) is 14.5. The summed E-state index contributed by atoms with van der Waals surface area (Å²) in [4.78, 5) is 20.9. The van der Waals surface area contributed by atoms with Gasteiger partial charge in [0.25, 0.3) is 5.56 Å². The van der Waals surface area contributed by atoms with Crippen LogP contribution in [0.25, 0.3) is 21.8 Å². The predicted octanol–water partition coefficient (Wildman–Crippen LogP) is 5.30. The molecule has 4 nitrogen and oxygen atoms in total. The lowest BCUT2D eigenvalue weighted by atomic mass is 10.1. The number of para-hydroxylation sites is 1. The molecule has 5 heteroatoms. The van der Waals surface area contributed by atoms with Gasteiger partial charge in [-0.25, -0.2) is 4.98 Å². The molecular weight excluding hydrogens is 392 g/mol. The fourth-order valence-electron chi connectivity index (χ4n) is 4.40. The molecule has 0 saturated carbocycles. The van der Waals surface area contributed by atoms with Gasteiger partial charge in [0.05, 0.1) is 16.8 Å². The second kappa shape index (κ2) is 7.26. The lowest BCUT2D eigenvalue weighted by Crippen LogP contribution is -2.30. The highest BCUT2D eigenvalue weighted by atomic mass is 32.1. The molecule has 5 rings (SSSR count). The summed E-state index contributed by atoms with van der Waals surface area (Å²) < 4.78 is 1.81. The number of phenolic OH excluding ortho intramolecular Hbond substituents is 1. The van der Waals surface area contributed by atoms with Crippen molar-refractivity contribution in [2.24, 2.45) is 0 Å². The zero-order valence-corrected chi connectivity index (χ0v) is 17.7. The van der Waals surface area contributed by atoms with E-state index in [-0.39, 0.29) is 17.4 Å². The van der Waals surface area contributed by atoms with E-state index in [0.29, 0.717) is 22.6 Å². The van der Waals surface area contributed by atoms with Crippen LogP contribution in [-0.2, 0) is 12.8 Å². The molecule has 0 fully saturated rings. The summed E-state index contributed by atoms with van der Waals surface area (Å²) in [5.41, 5.74) is 4.43. The van der Waals surface area contributed by atoms with Crippen molar-refractivity contribution in [2.75, 3.05) is 0 Å². The maximum absolute atomic E-state index is 13.9. The molecule has 0 amide bonds. The number of aryl methyl sites for hydroxylation is 2. The molecule has 0 atom stereocenters. The SMILES string of the molecule is Cc1ccc(-c2c(C)nc(-c3ccccc3O)n(C3Cc4ccccc4C3)c2=O)s1. The first-order valence-electron chi connectivity index (χ1n) is 10.1. The molecular formula is C25H22N2O2S. The fourth-order valence-corrected chi connectivity index (χ4v) is 5.36. The Hall–Kier alpha value is -3.18. The maximum Gasteiger partial charge on any atom is 0.263 e. The lowest BCUT2D eigenvalue weighted by molar-refractivity contribution is 0.472. The third-order valence-corrected chi connectivity index (χ3v) is 6.84. The quantitative estimate of drug-likeness (QED) is 0.495. The van der Waals surface area contributed by atoms with E-state index in [1.54, 1.807) is 23.5 Å². The molecule has 0 unspecified atom stereocenters. The van der Waals surface area contributed by atoms with Crippen molar-refractivity contribution in [3.8, 4) is 27.6 Å². The largest absolute Gasteiger partial charge is 0.507 e. The Bertz CT molecular complexity index is 1290. The summed E-state index contributed by atoms with van der Waals surface area (Å²) in [5, 5.41) is 10.5. The molecule has 0 radical (unpaired) electrons. The van der Waals surface area contributed by atoms with Crippen LogP contribution >= 0.6 is 11.3 Å². The molecule has 2 heterocycles. The topological polar surface area (TPSA) is 55.1 Å². The van der Waals surface area contributed by atoms with Crippen molar-refractivity contribution in [3.05, 3.63) is 92.7 Å². The van der Waals surface area contributed by atoms with Crippen LogP contribution in [0.2, 0.25) is 0 Å². The first-order valence-corrected chi connectivity index (χ1v) is 10.9. The average molecular weight is 415 g/mol. The second-order valence-electron chi connectivity index (χ2n) is 7.83. The van der Waals surface area contributed by atoms with Crippen molar-refractivity contribution in [1.29, 1.82) is 0 Å². The minimum absolute atomic E-state index is 0.0302. The van der Waals surface area contributed by atoms with Gasteiger partial charge in [-0.3, -0.25) is 9.36 Å². The zero-order valence-electron chi connectivity index (χ0n) is 16.9. The van der Waals surface area contributed by atoms with Gasteiger partial charge in [-0.1, -0.05) is 36.4 Å². The number of fused-ring (bicyclic) bond motifs is 1. The molecule has 30 heavy (non-hydrogen) atoms. The van der Waals surface area contributed by atoms with Gasteiger partial charge in [0.1, 0.15) is 11.6 Å². The number of hydrogen-bond acceptors (Lipinski definition) is 4. The minimum Gasteiger partial charge on any atom is -0.507 e. The van der Waals surface area contributed by atoms with Gasteiger partial charge in [-0.05, 0) is 62.1 Å². The average Bonchev–Trinajstić information content (AvgIpc) is 3.34. The summed E-state index contributed by atoms with van der Waals surface area (Å²) in [6.45, 7) is 3.92. The van der Waals surface area contributed by atoms with E-state index < -0.39 is 0 Å². The third-order valence-electron chi connectivity index (χ3n) is 5.82. The number of rotatable bonds is 3. The van der Waals surface area contributed by atoms with Crippen LogP contribution in [0.1, 0.15) is 27.7 Å². The monoisotopic (exact) mass is 414 g/mol. The normalized spacial score (nSPS) is 13.5. The molecule has 150 valence electrons. The Balaban J connectivity index is 1.76. The van der Waals surface area contributed by atoms with Gasteiger partial charge >= 0.3 is 0 Å². The van der Waals surface area contributed by atoms with E-state index in [2.05, 4.69) is 12.1 Å². The molecule has 4 aromatic rings. The van der Waals surface area contributed by atoms with Crippen LogP contribution in [0.5, 0.6) is 5.75 Å². The van der Waals surface area contributed by atoms with Gasteiger partial charge in [-0.15, -0.1) is 11.3 Å². The van der Waals surface area contributed by atoms with Gasteiger partial charge < -0.3 is 5.11 Å². The Morgan fingerprint density at radius 2 is 1.63 bits per heavy atom. The van der Waals surface area contributed by atoms with E-state index in [1.165, 1.54) is 11.1 Å². The van der Waals surface area contributed by atoms with E-state index in [9.17, 15) is 9.90 Å². The zero-order chi connectivity index (χ0) is 20.8. The molecule has 0 spiro atoms. The maximum atomic E-state index is 13.9. The summed E-state index contributed by atoms with van der Waals surface area (Å²) in [6.07, 6.45) is 1.56. The molecule has 1 aliphatic rings. The molecule has 1 N–H and O–H groups in total. The molecule has 2 aromatic carbocycles. The highest BCUT2D eigenvalue weighted by Crippen LogP contribution is 2.36. The number of aromatic hydroxyl groups is 1. The van der Waals surface area contributed by atoms with Gasteiger partial charge in [0, 0.05) is 15.8 Å². The summed E-state index contributed by atoms with van der Waals surface area (Å²) in [7, 11) is 0. The lowest BCUT2D eigenvalue weighted by Gasteiger charge is -2.21. The Labute approximate surface area is 179 Å². The van der Waals surface area contributed by atoms with E-state index in [0.717, 1.165) is 22.6 Å². The smallest absolute Gasteiger partial charge is 0.263 e. The highest BCUT2D eigenvalue weighted by molar-refractivity contribution is 7.15. The number of nitrogens with zero attached hydrogens (tertiary/aromatic N) is 2. The van der Waals surface area contributed by atoms with Crippen molar-refractivity contribution < 1.29 is 5.11 Å². The Morgan fingerprint density at radius 3 is 2.27 bits per heavy atom. The van der Waals surface area contributed by atoms with E-state index >= 15 is 0 Å². The van der Waals surface area contributed by atoms with Crippen molar-refractivity contribution in [3.63, 3.8) is 0 Å². The molecule has 2 aromatic heterocycles. The molecule has 0 saturated heterocycles. The van der Waals surface area contributed by atoms with Crippen LogP contribution in [0.15, 0.2) is 65.5 Å². The number of hydrogen-bond donors (Lipinski definition) is 1. The van der Waals surface area contributed by atoms with Gasteiger partial charge in [0.2, 0.25) is 0 Å². The predicted molar refractivity (Wildman–Crippen MR) is 121 cm³/mol. The molecule has 0 aliphatic heterocycles. The Morgan fingerprint density at radius 1 is 0.967 bits per heavy atom. The Kier molecular flexibility index (Phi) is 4.55. The fraction of sp³-hybridized carbons (Fsp3) is 0.200. The first kappa shape index (κ1) is 18.8. The number of benzene rings is 2. The number of phenols is 1. The second-order valence-corrected chi connectivity index (χ2v) is 9.12. The van der Waals surface area contributed by atoms with E-state index in [4.69, 9.17) is 4.98 Å². The summed E-state index contributed by atoms with van der Waals surface area (Å²) in [5.74, 6) is 0.665. The van der Waals surface area contributed by atoms with Crippen molar-refractivity contribution >= 4 is 11.3 Å². The van der Waals surface area contributed by atoms with Crippen LogP contribution < -0.4 is 5.56 Å². The van der Waals surface area contributed by atoms with Crippen LogP contribution in [-0.4, -0.2) is 14.7 Å². The van der Waals surface area contributed by atoms with Crippen LogP contribution in [0, 0.1) is 13.8 Å². The van der Waals surface area contributed by atoms with Crippen molar-refractivity contribution in [2.45, 2.75) is 32.7 Å². The molecule has 1 aliphatic carbocycles. The summed E-state index contributed by atoms with van der Waals surface area (Å²) in [6, 6.07) is 19.5. The van der Waals surface area contributed by atoms with Crippen molar-refractivity contribution in [1.82, 2.24) is 9.55 Å². The number of aromatic nitrogens is 2.